The van der Waals surface area contributed by atoms with Crippen molar-refractivity contribution >= 4 is 91.6 Å². The third-order valence-electron chi connectivity index (χ3n) is 16.1. The number of H-pyrrole nitrogens is 1. The van der Waals surface area contributed by atoms with Crippen molar-refractivity contribution in [2.45, 2.75) is 92.2 Å². The van der Waals surface area contributed by atoms with Gasteiger partial charge in [0.2, 0.25) is 0 Å². The van der Waals surface area contributed by atoms with Crippen LogP contribution in [0.1, 0.15) is 121 Å². The van der Waals surface area contributed by atoms with Crippen molar-refractivity contribution in [3.8, 4) is 17.2 Å². The van der Waals surface area contributed by atoms with Crippen molar-refractivity contribution in [1.29, 1.82) is 0 Å². The Balaban J connectivity index is 0.000000205. The van der Waals surface area contributed by atoms with Crippen LogP contribution < -0.4 is 15.3 Å². The van der Waals surface area contributed by atoms with Crippen LogP contribution in [0.5, 0.6) is 11.5 Å². The zero-order chi connectivity index (χ0) is 72.9. The summed E-state index contributed by atoms with van der Waals surface area (Å²) < 4.78 is 47.2. The molecule has 0 radical (unpaired) electrons. The van der Waals surface area contributed by atoms with Crippen LogP contribution in [0.15, 0.2) is 189 Å². The summed E-state index contributed by atoms with van der Waals surface area (Å²) in [6.07, 6.45) is 6.18. The van der Waals surface area contributed by atoms with Crippen molar-refractivity contribution in [2.24, 2.45) is 10.3 Å². The van der Waals surface area contributed by atoms with E-state index in [0.717, 1.165) is 39.0 Å². The van der Waals surface area contributed by atoms with Gasteiger partial charge in [-0.3, -0.25) is 19.4 Å². The van der Waals surface area contributed by atoms with E-state index in [4.69, 9.17) is 34.4 Å². The van der Waals surface area contributed by atoms with Gasteiger partial charge in [0.15, 0.2) is 0 Å². The Labute approximate surface area is 576 Å². The second kappa shape index (κ2) is 32.4. The largest absolute Gasteiger partial charge is 0.508 e. The molecular weight excluding hydrogens is 1300 g/mol. The summed E-state index contributed by atoms with van der Waals surface area (Å²) in [6.45, 7) is 16.9. The molecule has 6 N–H and O–H groups in total. The number of methoxy groups -OCH3 is 2. The maximum Gasteiger partial charge on any atom is 0.368 e. The smallest absolute Gasteiger partial charge is 0.368 e. The fraction of sp³-hybridized carbons (Fsp3) is 0.213. The number of ether oxygens (including phenoxy) is 3. The van der Waals surface area contributed by atoms with E-state index >= 15 is 0 Å². The maximum absolute atomic E-state index is 13.2. The molecule has 11 rings (SSSR count). The number of fused-ring (bicyclic) bond motifs is 1. The number of sulfonamides is 1. The number of hydrogen-bond donors (Lipinski definition) is 6. The molecule has 7 aromatic carbocycles. The number of phenolic OH excluding ortho intramolecular Hbond substituents is 2. The molecule has 0 saturated carbocycles. The predicted molar refractivity (Wildman–Crippen MR) is 379 cm³/mol. The summed E-state index contributed by atoms with van der Waals surface area (Å²) in [4.78, 5) is 90.5. The van der Waals surface area contributed by atoms with E-state index in [-0.39, 0.29) is 62.4 Å². The average molecular weight is 1380 g/mol. The number of amides is 1. The van der Waals surface area contributed by atoms with Gasteiger partial charge in [-0.05, 0) is 182 Å². The number of carboxylic acids is 2. The minimum atomic E-state index is -4.07. The first-order chi connectivity index (χ1) is 47.5. The lowest BCUT2D eigenvalue weighted by Gasteiger charge is -2.12. The summed E-state index contributed by atoms with van der Waals surface area (Å²) in [6, 6.07) is 39.7. The third-order valence-corrected chi connectivity index (χ3v) is 17.5. The Morgan fingerprint density at radius 2 is 1.35 bits per heavy atom. The lowest BCUT2D eigenvalue weighted by Crippen LogP contribution is -2.22. The van der Waals surface area contributed by atoms with Crippen LogP contribution in [0.3, 0.4) is 0 Å². The molecule has 2 aromatic heterocycles. The molecule has 4 heterocycles. The zero-order valence-corrected chi connectivity index (χ0v) is 57.5. The number of aryl methyl sites for hydroxylation is 6. The van der Waals surface area contributed by atoms with E-state index in [1.807, 2.05) is 90.1 Å². The molecule has 24 nitrogen and oxygen atoms in total. The highest BCUT2D eigenvalue weighted by atomic mass is 32.2. The number of esters is 2. The van der Waals surface area contributed by atoms with Crippen molar-refractivity contribution < 1.29 is 76.7 Å². The number of carboxylic acid groups (broad SMARTS) is 2. The van der Waals surface area contributed by atoms with Crippen LogP contribution in [-0.4, -0.2) is 117 Å². The molecule has 0 aliphatic carbocycles. The van der Waals surface area contributed by atoms with Gasteiger partial charge in [-0.15, -0.1) is 0 Å². The van der Waals surface area contributed by atoms with E-state index < -0.39 is 57.4 Å². The number of hydrogen-bond acceptors (Lipinski definition) is 17. The molecule has 25 heteroatoms. The van der Waals surface area contributed by atoms with Crippen LogP contribution >= 0.6 is 0 Å². The lowest BCUT2D eigenvalue weighted by atomic mass is 10.0. The quantitative estimate of drug-likeness (QED) is 0.0264. The highest BCUT2D eigenvalue weighted by molar-refractivity contribution is 7.92. The number of benzene rings is 7. The van der Waals surface area contributed by atoms with E-state index in [0.29, 0.717) is 51.8 Å². The van der Waals surface area contributed by atoms with Gasteiger partial charge in [0.1, 0.15) is 23.3 Å². The van der Waals surface area contributed by atoms with Crippen molar-refractivity contribution in [3.63, 3.8) is 0 Å². The Morgan fingerprint density at radius 1 is 0.710 bits per heavy atom. The third kappa shape index (κ3) is 17.6. The second-order valence-electron chi connectivity index (χ2n) is 23.4. The number of aromatic amines is 1. The van der Waals surface area contributed by atoms with E-state index in [1.165, 1.54) is 114 Å². The molecular formula is C75H75N7O17S. The molecule has 2 atom stereocenters. The normalized spacial score (nSPS) is 13.9. The highest BCUT2D eigenvalue weighted by Crippen LogP contribution is 2.32. The van der Waals surface area contributed by atoms with Crippen LogP contribution in [0.4, 0.5) is 11.4 Å². The molecule has 2 unspecified atom stereocenters. The van der Waals surface area contributed by atoms with Crippen molar-refractivity contribution in [1.82, 2.24) is 14.3 Å². The van der Waals surface area contributed by atoms with Crippen LogP contribution in [0.25, 0.3) is 28.7 Å². The molecule has 2 aliphatic heterocycles. The Hall–Kier alpha value is -12.0. The first-order valence-electron chi connectivity index (χ1n) is 31.3. The number of aromatic carboxylic acids is 2. The van der Waals surface area contributed by atoms with Crippen LogP contribution in [0.2, 0.25) is 0 Å². The number of hydrazone groups is 1. The lowest BCUT2D eigenvalue weighted by molar-refractivity contribution is -0.144. The molecule has 1 amide bonds. The summed E-state index contributed by atoms with van der Waals surface area (Å²) in [7, 11) is -1.18. The average Bonchev–Trinajstić information content (AvgIpc) is 1.66. The number of anilines is 2. The van der Waals surface area contributed by atoms with E-state index in [1.54, 1.807) is 62.9 Å². The Morgan fingerprint density at radius 3 is 1.96 bits per heavy atom. The predicted octanol–water partition coefficient (Wildman–Crippen LogP) is 12.4. The van der Waals surface area contributed by atoms with E-state index in [9.17, 15) is 47.1 Å². The minimum absolute atomic E-state index is 0.0850. The number of para-hydroxylation sites is 1. The monoisotopic (exact) mass is 1380 g/mol. The molecule has 518 valence electrons. The van der Waals surface area contributed by atoms with Crippen LogP contribution in [0, 0.1) is 34.6 Å². The molecule has 0 bridgehead atoms. The van der Waals surface area contributed by atoms with Gasteiger partial charge < -0.3 is 44.0 Å². The first kappa shape index (κ1) is 73.8. The Kier molecular flexibility index (Phi) is 23.9. The first-order valence-corrected chi connectivity index (χ1v) is 32.8. The topological polar surface area (TPSA) is 337 Å². The fourth-order valence-electron chi connectivity index (χ4n) is 10.5. The number of aromatic hydroxyl groups is 2. The number of rotatable bonds is 18. The van der Waals surface area contributed by atoms with Gasteiger partial charge >= 0.3 is 29.8 Å². The molecule has 100 heavy (non-hydrogen) atoms. The second-order valence-corrected chi connectivity index (χ2v) is 25.0. The summed E-state index contributed by atoms with van der Waals surface area (Å²) in [5, 5.41) is 49.8. The molecule has 0 spiro atoms. The summed E-state index contributed by atoms with van der Waals surface area (Å²) in [5.74, 6) is -3.48. The van der Waals surface area contributed by atoms with Gasteiger partial charge in [-0.2, -0.15) is 10.1 Å². The molecule has 0 fully saturated rings. The fourth-order valence-corrected chi connectivity index (χ4v) is 11.6. The van der Waals surface area contributed by atoms with Crippen LogP contribution in [-0.2, 0) is 49.9 Å². The van der Waals surface area contributed by atoms with E-state index in [2.05, 4.69) is 20.1 Å². The van der Waals surface area contributed by atoms with Gasteiger partial charge in [0.25, 0.3) is 21.5 Å². The number of phenols is 2. The standard InChI is InChI=1S/C34H33N3O9S.C23H18N4O6.C10H14O.C8H10O/c1-21(43-3)16-17-45-33(39)24-8-7-9-27(18-24)47(41,42)36-26-14-12-23(13-15-26)31-29(34(40)46-35-31)19-25-20-37(22(2)32(38)44-4)30-11-6-5-10-28(25)30;1-12-18(20(28)26(24-12)16-7-3-14(4-8-16)22(30)31)11-19-13(2)25-27(21(19)29)17-9-5-15(6-10-17)23(32)33;1-4-9-6-7(2)5-8(3)10(9)11;1-6-3-4-8(9)7(2)5-6/h5-15,18-22,36H,16-17H2,1-4H3;3-11,24H,1-2H3,(H,30,31)(H,32,33);5-6,11H,4H2,1-3H3;3-5,9H,1-2H3. The van der Waals surface area contributed by atoms with Gasteiger partial charge in [0, 0.05) is 53.1 Å². The number of aromatic nitrogens is 3. The minimum Gasteiger partial charge on any atom is -0.508 e. The van der Waals surface area contributed by atoms with Crippen molar-refractivity contribution in [3.05, 3.63) is 246 Å². The maximum atomic E-state index is 13.2. The molecule has 0 saturated heterocycles. The van der Waals surface area contributed by atoms with Gasteiger partial charge in [-0.25, -0.2) is 37.1 Å². The van der Waals surface area contributed by atoms with Gasteiger partial charge in [-0.1, -0.05) is 83.9 Å². The molecule has 9 aromatic rings. The Bertz CT molecular complexity index is 4910. The number of nitrogens with one attached hydrogen (secondary N) is 2. The number of carbonyl (C=O) groups is 6. The summed E-state index contributed by atoms with van der Waals surface area (Å²) in [5.41, 5.74) is 10.1. The number of carbonyl (C=O) groups excluding carboxylic acids is 4. The molecule has 2 aliphatic rings. The number of nitrogens with zero attached hydrogens (tertiary/aromatic N) is 5. The number of oxime groups is 1. The van der Waals surface area contributed by atoms with Crippen molar-refractivity contribution in [2.75, 3.05) is 30.6 Å². The zero-order valence-electron chi connectivity index (χ0n) is 56.7. The highest BCUT2D eigenvalue weighted by Gasteiger charge is 2.31. The SMILES string of the molecule is CC1=NN(c2ccc(C(=O)O)cc2)C(=O)C1=Cc1c(C)[nH]n(-c2ccc(C(=O)O)cc2)c1=O.CCc1cc(C)cc(C)c1O.COC(=O)C(C)n1cc(C=C2C(=O)ON=C2c2ccc(NS(=O)(=O)c3cccc(C(=O)OCCC(C)OC)c3)cc2)c2ccccc21.Cc1ccc(O)c(C)c1. The summed E-state index contributed by atoms with van der Waals surface area (Å²) >= 11 is 0. The van der Waals surface area contributed by atoms with Gasteiger partial charge in [0.05, 0.1) is 75.2 Å².